The highest BCUT2D eigenvalue weighted by atomic mass is 31.1. The molecule has 2 aliphatic heterocycles. The molecule has 0 spiro atoms. The van der Waals surface area contributed by atoms with Crippen molar-refractivity contribution in [1.29, 1.82) is 0 Å². The van der Waals surface area contributed by atoms with Crippen molar-refractivity contribution in [3.8, 4) is 16.9 Å². The highest BCUT2D eigenvalue weighted by molar-refractivity contribution is 7.40. The molecule has 1 saturated heterocycles. The monoisotopic (exact) mass is 496 g/mol. The summed E-state index contributed by atoms with van der Waals surface area (Å²) in [6.45, 7) is 2.80. The Morgan fingerprint density at radius 3 is 2.65 bits per heavy atom. The molecule has 34 heavy (non-hydrogen) atoms. The quantitative estimate of drug-likeness (QED) is 0.521. The van der Waals surface area contributed by atoms with Gasteiger partial charge in [-0.25, -0.2) is 14.2 Å². The lowest BCUT2D eigenvalue weighted by Crippen LogP contribution is -2.37. The van der Waals surface area contributed by atoms with Crippen LogP contribution in [0.2, 0.25) is 0 Å². The Morgan fingerprint density at radius 1 is 1.06 bits per heavy atom. The van der Waals surface area contributed by atoms with Gasteiger partial charge in [0.1, 0.15) is 18.2 Å². The van der Waals surface area contributed by atoms with Gasteiger partial charge in [-0.05, 0) is 24.6 Å². The van der Waals surface area contributed by atoms with E-state index in [2.05, 4.69) is 33.7 Å². The molecule has 0 aliphatic carbocycles. The first-order valence-electron chi connectivity index (χ1n) is 11.2. The fourth-order valence-electron chi connectivity index (χ4n) is 4.44. The lowest BCUT2D eigenvalue weighted by atomic mass is 10.0. The van der Waals surface area contributed by atoms with Crippen molar-refractivity contribution in [2.75, 3.05) is 36.5 Å². The van der Waals surface area contributed by atoms with Crippen LogP contribution >= 0.6 is 18.5 Å². The summed E-state index contributed by atoms with van der Waals surface area (Å²) in [5, 5.41) is 3.08. The summed E-state index contributed by atoms with van der Waals surface area (Å²) in [6, 6.07) is 15.8. The zero-order valence-corrected chi connectivity index (χ0v) is 21.0. The van der Waals surface area contributed by atoms with Crippen molar-refractivity contribution in [1.82, 2.24) is 9.88 Å². The fourth-order valence-corrected chi connectivity index (χ4v) is 5.14. The molecule has 2 amide bonds. The third kappa shape index (κ3) is 4.73. The summed E-state index contributed by atoms with van der Waals surface area (Å²) in [4.78, 5) is 22.0. The Labute approximate surface area is 203 Å². The Balaban J connectivity index is 1.51. The molecule has 3 aromatic rings. The van der Waals surface area contributed by atoms with Gasteiger partial charge in [0.15, 0.2) is 5.82 Å². The fraction of sp³-hybridized carbons (Fsp3) is 0.280. The van der Waals surface area contributed by atoms with E-state index in [0.717, 1.165) is 30.8 Å². The minimum absolute atomic E-state index is 0.0250. The smallest absolute Gasteiger partial charge is 0.322 e. The number of nitrogens with one attached hydrogen (secondary N) is 1. The van der Waals surface area contributed by atoms with Crippen LogP contribution in [0.3, 0.4) is 0 Å². The number of hydrogen-bond donors (Lipinski definition) is 1. The maximum Gasteiger partial charge on any atom is 0.322 e. The molecule has 2 aromatic carbocycles. The number of para-hydroxylation sites is 1. The Morgan fingerprint density at radius 2 is 1.85 bits per heavy atom. The number of carbonyl (C=O) groups excluding carboxylic acids is 1. The second-order valence-electron chi connectivity index (χ2n) is 8.75. The molecule has 1 fully saturated rings. The summed E-state index contributed by atoms with van der Waals surface area (Å²) in [6.07, 6.45) is 2.62. The number of benzene rings is 2. The minimum atomic E-state index is -0.347. The molecule has 2 atom stereocenters. The number of anilines is 2. The van der Waals surface area contributed by atoms with Crippen LogP contribution in [0.25, 0.3) is 11.1 Å². The number of fused-ring (bicyclic) bond motifs is 1. The Bertz CT molecular complexity index is 1220. The highest BCUT2D eigenvalue weighted by Crippen LogP contribution is 2.43. The molecule has 0 saturated carbocycles. The molecule has 0 radical (unpaired) electrons. The highest BCUT2D eigenvalue weighted by Gasteiger charge is 2.33. The first-order chi connectivity index (χ1) is 16.4. The van der Waals surface area contributed by atoms with Crippen molar-refractivity contribution in [3.63, 3.8) is 0 Å². The molecule has 9 heteroatoms. The lowest BCUT2D eigenvalue weighted by Gasteiger charge is -2.26. The van der Waals surface area contributed by atoms with Crippen molar-refractivity contribution in [2.24, 2.45) is 0 Å². The molecule has 176 valence electrons. The van der Waals surface area contributed by atoms with Crippen molar-refractivity contribution < 1.29 is 13.9 Å². The van der Waals surface area contributed by atoms with Gasteiger partial charge in [-0.2, -0.15) is 0 Å². The normalized spacial score (nSPS) is 17.0. The topological polar surface area (TPSA) is 57.7 Å². The van der Waals surface area contributed by atoms with Gasteiger partial charge in [0.2, 0.25) is 0 Å². The van der Waals surface area contributed by atoms with Gasteiger partial charge in [-0.15, -0.1) is 18.5 Å². The Kier molecular flexibility index (Phi) is 6.42. The first kappa shape index (κ1) is 23.0. The number of hydrogen-bond acceptors (Lipinski definition) is 4. The van der Waals surface area contributed by atoms with E-state index in [0.29, 0.717) is 42.3 Å². The number of nitrogens with zero attached hydrogens (tertiary/aromatic N) is 3. The summed E-state index contributed by atoms with van der Waals surface area (Å²) in [7, 11) is 5.75. The van der Waals surface area contributed by atoms with E-state index in [4.69, 9.17) is 4.74 Å². The zero-order chi connectivity index (χ0) is 23.7. The number of amides is 2. The number of halogens is 1. The van der Waals surface area contributed by atoms with Crippen LogP contribution in [0.15, 0.2) is 60.8 Å². The summed E-state index contributed by atoms with van der Waals surface area (Å²) in [5.74, 6) is 1.09. The second kappa shape index (κ2) is 9.48. The summed E-state index contributed by atoms with van der Waals surface area (Å²) in [5.41, 5.74) is 2.50. The third-order valence-electron chi connectivity index (χ3n) is 6.20. The molecule has 6 nitrogen and oxygen atoms in total. The molecule has 3 heterocycles. The van der Waals surface area contributed by atoms with Gasteiger partial charge in [0.25, 0.3) is 0 Å². The molecular weight excluding hydrogens is 469 g/mol. The molecule has 1 N–H and O–H groups in total. The van der Waals surface area contributed by atoms with E-state index in [9.17, 15) is 9.18 Å². The first-order valence-corrected chi connectivity index (χ1v) is 12.4. The van der Waals surface area contributed by atoms with E-state index >= 15 is 0 Å². The third-order valence-corrected chi connectivity index (χ3v) is 7.14. The number of carbonyl (C=O) groups is 1. The van der Waals surface area contributed by atoms with E-state index in [1.807, 2.05) is 24.3 Å². The van der Waals surface area contributed by atoms with Crippen molar-refractivity contribution in [3.05, 3.63) is 72.2 Å². The van der Waals surface area contributed by atoms with Gasteiger partial charge >= 0.3 is 6.03 Å². The van der Waals surface area contributed by atoms with Gasteiger partial charge in [-0.1, -0.05) is 36.4 Å². The predicted molar refractivity (Wildman–Crippen MR) is 140 cm³/mol. The zero-order valence-electron chi connectivity index (χ0n) is 18.7. The van der Waals surface area contributed by atoms with E-state index in [1.54, 1.807) is 35.4 Å². The predicted octanol–water partition coefficient (Wildman–Crippen LogP) is 4.97. The number of ether oxygens (including phenoxy) is 1. The summed E-state index contributed by atoms with van der Waals surface area (Å²) < 4.78 is 20.6. The van der Waals surface area contributed by atoms with Crippen LogP contribution in [0.1, 0.15) is 12.0 Å². The minimum Gasteiger partial charge on any atom is -0.491 e. The van der Waals surface area contributed by atoms with E-state index in [-0.39, 0.29) is 16.7 Å². The molecule has 2 unspecified atom stereocenters. The molecule has 0 bridgehead atoms. The van der Waals surface area contributed by atoms with Crippen LogP contribution in [-0.2, 0) is 6.54 Å². The number of aromatic nitrogens is 1. The van der Waals surface area contributed by atoms with Crippen molar-refractivity contribution >= 4 is 36.0 Å². The summed E-state index contributed by atoms with van der Waals surface area (Å²) >= 11 is 0. The van der Waals surface area contributed by atoms with Crippen LogP contribution in [0.5, 0.6) is 5.75 Å². The van der Waals surface area contributed by atoms with Gasteiger partial charge in [-0.3, -0.25) is 0 Å². The maximum absolute atomic E-state index is 14.8. The van der Waals surface area contributed by atoms with Crippen LogP contribution in [-0.4, -0.2) is 47.1 Å². The van der Waals surface area contributed by atoms with E-state index in [1.165, 1.54) is 6.07 Å². The average molecular weight is 496 g/mol. The average Bonchev–Trinajstić information content (AvgIpc) is 3.05. The van der Waals surface area contributed by atoms with Gasteiger partial charge in [0.05, 0.1) is 18.8 Å². The van der Waals surface area contributed by atoms with E-state index < -0.39 is 0 Å². The molecular formula is C25H27FN4O2P2. The SMILES string of the molecule is O=C(Nc1c(-c2ccccc2F)ccnc1N1CCC(P)(P)C1)N1CCOc2ccccc2C1. The number of urea groups is 1. The van der Waals surface area contributed by atoms with Crippen LogP contribution in [0.4, 0.5) is 20.7 Å². The van der Waals surface area contributed by atoms with Crippen molar-refractivity contribution in [2.45, 2.75) is 17.9 Å². The Hall–Kier alpha value is -2.75. The second-order valence-corrected chi connectivity index (χ2v) is 11.7. The number of rotatable bonds is 3. The molecule has 5 rings (SSSR count). The number of pyridine rings is 1. The lowest BCUT2D eigenvalue weighted by molar-refractivity contribution is 0.200. The standard InChI is InChI=1S/C25H27FN4O2P2/c26-20-7-3-2-6-18(20)19-9-11-27-23(30-12-10-25(33,34)16-30)22(19)28-24(31)29-13-14-32-21-8-4-1-5-17(21)15-29/h1-9,11H,10,12-16,33-34H2,(H,28,31). The van der Waals surface area contributed by atoms with Crippen LogP contribution in [0, 0.1) is 5.82 Å². The maximum atomic E-state index is 14.8. The molecule has 1 aromatic heterocycles. The largest absolute Gasteiger partial charge is 0.491 e. The molecule has 2 aliphatic rings. The van der Waals surface area contributed by atoms with Gasteiger partial charge < -0.3 is 19.9 Å². The van der Waals surface area contributed by atoms with Gasteiger partial charge in [0, 0.05) is 40.9 Å². The van der Waals surface area contributed by atoms with Crippen LogP contribution < -0.4 is 15.0 Å².